The summed E-state index contributed by atoms with van der Waals surface area (Å²) in [4.78, 5) is 28.2. The first-order valence-corrected chi connectivity index (χ1v) is 6.11. The van der Waals surface area contributed by atoms with Gasteiger partial charge in [-0.05, 0) is 6.07 Å². The molecular weight excluding hydrogens is 258 g/mol. The number of amides is 1. The van der Waals surface area contributed by atoms with Crippen molar-refractivity contribution in [2.75, 3.05) is 18.5 Å². The highest BCUT2D eigenvalue weighted by molar-refractivity contribution is 6.06. The lowest BCUT2D eigenvalue weighted by molar-refractivity contribution is -0.136. The number of fused-ring (bicyclic) bond motifs is 1. The number of carboxylic acids is 1. The van der Waals surface area contributed by atoms with Gasteiger partial charge >= 0.3 is 5.97 Å². The molecule has 104 valence electrons. The molecule has 0 radical (unpaired) electrons. The van der Waals surface area contributed by atoms with Crippen molar-refractivity contribution < 1.29 is 14.7 Å². The number of benzene rings is 1. The van der Waals surface area contributed by atoms with Crippen LogP contribution in [0.1, 0.15) is 16.8 Å². The predicted octanol–water partition coefficient (Wildman–Crippen LogP) is 1.24. The fourth-order valence-electron chi connectivity index (χ4n) is 2.09. The first-order valence-electron chi connectivity index (χ1n) is 6.11. The van der Waals surface area contributed by atoms with Crippen LogP contribution in [-0.2, 0) is 4.79 Å². The topological polar surface area (TPSA) is 96.5 Å². The number of primary amides is 1. The third-order valence-electron chi connectivity index (χ3n) is 3.06. The zero-order chi connectivity index (χ0) is 14.7. The number of carboxylic acid groups (broad SMARTS) is 1. The Balaban J connectivity index is 2.54. The van der Waals surface area contributed by atoms with Crippen molar-refractivity contribution in [3.63, 3.8) is 0 Å². The number of carbonyl (C=O) groups is 2. The maximum atomic E-state index is 11.5. The molecular formula is C14H15N3O3. The van der Waals surface area contributed by atoms with Crippen LogP contribution in [0.15, 0.2) is 30.5 Å². The Morgan fingerprint density at radius 1 is 1.35 bits per heavy atom. The summed E-state index contributed by atoms with van der Waals surface area (Å²) in [6.45, 7) is 0.281. The molecule has 0 saturated carbocycles. The molecule has 20 heavy (non-hydrogen) atoms. The quantitative estimate of drug-likeness (QED) is 0.854. The minimum absolute atomic E-state index is 0.0225. The molecule has 2 aromatic rings. The van der Waals surface area contributed by atoms with Gasteiger partial charge in [-0.3, -0.25) is 14.6 Å². The molecule has 3 N–H and O–H groups in total. The Bertz CT molecular complexity index is 670. The predicted molar refractivity (Wildman–Crippen MR) is 75.8 cm³/mol. The van der Waals surface area contributed by atoms with Gasteiger partial charge in [-0.15, -0.1) is 0 Å². The number of para-hydroxylation sites is 1. The van der Waals surface area contributed by atoms with Crippen molar-refractivity contribution >= 4 is 28.5 Å². The highest BCUT2D eigenvalue weighted by Gasteiger charge is 2.17. The van der Waals surface area contributed by atoms with E-state index in [0.717, 1.165) is 10.9 Å². The molecule has 2 rings (SSSR count). The fourth-order valence-corrected chi connectivity index (χ4v) is 2.09. The lowest BCUT2D eigenvalue weighted by Crippen LogP contribution is -2.25. The number of nitrogens with two attached hydrogens (primary N) is 1. The average Bonchev–Trinajstić information content (AvgIpc) is 2.43. The Kier molecular flexibility index (Phi) is 3.84. The van der Waals surface area contributed by atoms with Crippen LogP contribution >= 0.6 is 0 Å². The number of pyridine rings is 1. The van der Waals surface area contributed by atoms with E-state index in [1.165, 1.54) is 6.20 Å². The number of hydrogen-bond donors (Lipinski definition) is 2. The van der Waals surface area contributed by atoms with Gasteiger partial charge in [0.25, 0.3) is 5.91 Å². The molecule has 1 heterocycles. The SMILES string of the molecule is CN(CCC(=O)O)c1c(C(N)=O)cnc2ccccc12. The van der Waals surface area contributed by atoms with E-state index in [0.29, 0.717) is 5.69 Å². The Morgan fingerprint density at radius 2 is 2.05 bits per heavy atom. The van der Waals surface area contributed by atoms with Crippen LogP contribution in [0.3, 0.4) is 0 Å². The normalized spacial score (nSPS) is 10.4. The van der Waals surface area contributed by atoms with Crippen molar-refractivity contribution in [3.05, 3.63) is 36.0 Å². The second kappa shape index (κ2) is 5.56. The molecule has 0 bridgehead atoms. The smallest absolute Gasteiger partial charge is 0.305 e. The first kappa shape index (κ1) is 13.8. The second-order valence-corrected chi connectivity index (χ2v) is 4.47. The van der Waals surface area contributed by atoms with Crippen LogP contribution in [0.4, 0.5) is 5.69 Å². The van der Waals surface area contributed by atoms with E-state index < -0.39 is 11.9 Å². The lowest BCUT2D eigenvalue weighted by atomic mass is 10.1. The number of aliphatic carboxylic acids is 1. The van der Waals surface area contributed by atoms with E-state index in [1.54, 1.807) is 11.9 Å². The number of anilines is 1. The zero-order valence-electron chi connectivity index (χ0n) is 11.0. The molecule has 6 heteroatoms. The monoisotopic (exact) mass is 273 g/mol. The van der Waals surface area contributed by atoms with Gasteiger partial charge in [-0.25, -0.2) is 0 Å². The summed E-state index contributed by atoms with van der Waals surface area (Å²) >= 11 is 0. The van der Waals surface area contributed by atoms with E-state index in [2.05, 4.69) is 4.98 Å². The first-order chi connectivity index (χ1) is 9.50. The summed E-state index contributed by atoms with van der Waals surface area (Å²) < 4.78 is 0. The third kappa shape index (κ3) is 2.69. The van der Waals surface area contributed by atoms with Crippen LogP contribution in [0.5, 0.6) is 0 Å². The number of rotatable bonds is 5. The largest absolute Gasteiger partial charge is 0.481 e. The molecule has 0 aliphatic rings. The van der Waals surface area contributed by atoms with Crippen molar-refractivity contribution in [1.29, 1.82) is 0 Å². The second-order valence-electron chi connectivity index (χ2n) is 4.47. The third-order valence-corrected chi connectivity index (χ3v) is 3.06. The van der Waals surface area contributed by atoms with E-state index in [1.807, 2.05) is 24.3 Å². The van der Waals surface area contributed by atoms with Crippen LogP contribution in [0.2, 0.25) is 0 Å². The van der Waals surface area contributed by atoms with Crippen molar-refractivity contribution in [1.82, 2.24) is 4.98 Å². The molecule has 0 fully saturated rings. The Labute approximate surface area is 115 Å². The molecule has 0 unspecified atom stereocenters. The molecule has 0 saturated heterocycles. The van der Waals surface area contributed by atoms with E-state index >= 15 is 0 Å². The highest BCUT2D eigenvalue weighted by Crippen LogP contribution is 2.28. The number of aromatic nitrogens is 1. The zero-order valence-corrected chi connectivity index (χ0v) is 11.0. The van der Waals surface area contributed by atoms with Crippen molar-refractivity contribution in [2.45, 2.75) is 6.42 Å². The van der Waals surface area contributed by atoms with Gasteiger partial charge in [0, 0.05) is 25.2 Å². The minimum Gasteiger partial charge on any atom is -0.481 e. The molecule has 0 aliphatic heterocycles. The summed E-state index contributed by atoms with van der Waals surface area (Å²) in [6, 6.07) is 7.35. The molecule has 6 nitrogen and oxygen atoms in total. The van der Waals surface area contributed by atoms with Crippen LogP contribution < -0.4 is 10.6 Å². The Hall–Kier alpha value is -2.63. The highest BCUT2D eigenvalue weighted by atomic mass is 16.4. The van der Waals surface area contributed by atoms with Gasteiger partial charge in [-0.1, -0.05) is 18.2 Å². The number of hydrogen-bond acceptors (Lipinski definition) is 4. The Morgan fingerprint density at radius 3 is 2.70 bits per heavy atom. The van der Waals surface area contributed by atoms with Gasteiger partial charge in [0.05, 0.1) is 23.2 Å². The molecule has 1 aromatic heterocycles. The van der Waals surface area contributed by atoms with Crippen LogP contribution in [-0.4, -0.2) is 35.6 Å². The van der Waals surface area contributed by atoms with Crippen LogP contribution in [0, 0.1) is 0 Å². The summed E-state index contributed by atoms with van der Waals surface area (Å²) in [5.41, 5.74) is 7.01. The number of carbonyl (C=O) groups excluding carboxylic acids is 1. The standard InChI is InChI=1S/C14H15N3O3/c1-17(7-6-12(18)19)13-9-4-2-3-5-11(9)16-8-10(13)14(15)20/h2-5,8H,6-7H2,1H3,(H2,15,20)(H,18,19). The molecule has 1 aromatic carbocycles. The summed E-state index contributed by atoms with van der Waals surface area (Å²) in [6.07, 6.45) is 1.41. The van der Waals surface area contributed by atoms with Crippen LogP contribution in [0.25, 0.3) is 10.9 Å². The average molecular weight is 273 g/mol. The van der Waals surface area contributed by atoms with Crippen molar-refractivity contribution in [2.24, 2.45) is 5.73 Å². The van der Waals surface area contributed by atoms with Gasteiger partial charge in [0.2, 0.25) is 0 Å². The lowest BCUT2D eigenvalue weighted by Gasteiger charge is -2.22. The fraction of sp³-hybridized carbons (Fsp3) is 0.214. The summed E-state index contributed by atoms with van der Waals surface area (Å²) in [5.74, 6) is -1.48. The van der Waals surface area contributed by atoms with E-state index in [-0.39, 0.29) is 18.5 Å². The van der Waals surface area contributed by atoms with E-state index in [9.17, 15) is 9.59 Å². The van der Waals surface area contributed by atoms with Gasteiger partial charge in [0.15, 0.2) is 0 Å². The van der Waals surface area contributed by atoms with Crippen molar-refractivity contribution in [3.8, 4) is 0 Å². The molecule has 0 spiro atoms. The minimum atomic E-state index is -0.893. The number of nitrogens with zero attached hydrogens (tertiary/aromatic N) is 2. The van der Waals surface area contributed by atoms with Gasteiger partial charge in [-0.2, -0.15) is 0 Å². The summed E-state index contributed by atoms with van der Waals surface area (Å²) in [7, 11) is 1.73. The molecule has 1 amide bonds. The van der Waals surface area contributed by atoms with E-state index in [4.69, 9.17) is 10.8 Å². The van der Waals surface area contributed by atoms with Gasteiger partial charge in [0.1, 0.15) is 0 Å². The van der Waals surface area contributed by atoms with Gasteiger partial charge < -0.3 is 15.7 Å². The maximum Gasteiger partial charge on any atom is 0.305 e. The summed E-state index contributed by atoms with van der Waals surface area (Å²) in [5, 5.41) is 9.55. The molecule has 0 aliphatic carbocycles. The maximum absolute atomic E-state index is 11.5. The molecule has 0 atom stereocenters.